The molecular weight excluding hydrogens is 364 g/mol. The summed E-state index contributed by atoms with van der Waals surface area (Å²) in [6.45, 7) is 3.91. The van der Waals surface area contributed by atoms with E-state index in [0.717, 1.165) is 61.8 Å². The molecule has 0 radical (unpaired) electrons. The van der Waals surface area contributed by atoms with Crippen molar-refractivity contribution >= 4 is 24.1 Å². The number of anilines is 1. The van der Waals surface area contributed by atoms with Gasteiger partial charge in [0.1, 0.15) is 17.5 Å². The Kier molecular flexibility index (Phi) is 5.02. The van der Waals surface area contributed by atoms with Crippen LogP contribution in [0.3, 0.4) is 0 Å². The molecule has 0 amide bonds. The van der Waals surface area contributed by atoms with Crippen molar-refractivity contribution in [3.63, 3.8) is 0 Å². The van der Waals surface area contributed by atoms with Crippen LogP contribution in [0.25, 0.3) is 0 Å². The third kappa shape index (κ3) is 3.64. The Morgan fingerprint density at radius 3 is 2.74 bits per heavy atom. The van der Waals surface area contributed by atoms with Crippen molar-refractivity contribution in [1.82, 2.24) is 15.3 Å². The van der Waals surface area contributed by atoms with Crippen LogP contribution in [0.4, 0.5) is 5.69 Å². The first kappa shape index (κ1) is 18.2. The molecule has 2 aromatic rings. The van der Waals surface area contributed by atoms with Crippen molar-refractivity contribution < 1.29 is 9.53 Å². The Morgan fingerprint density at radius 2 is 1.96 bits per heavy atom. The van der Waals surface area contributed by atoms with Gasteiger partial charge in [-0.05, 0) is 37.0 Å². The lowest BCUT2D eigenvalue weighted by Crippen LogP contribution is -2.43. The van der Waals surface area contributed by atoms with E-state index < -0.39 is 0 Å². The molecule has 1 aliphatic carbocycles. The van der Waals surface area contributed by atoms with Crippen LogP contribution in [-0.2, 0) is 11.2 Å². The molecule has 1 aromatic heterocycles. The summed E-state index contributed by atoms with van der Waals surface area (Å²) in [5.74, 6) is 1.49. The number of carbonyl (C=O) groups excluding carboxylic acids is 1. The molecule has 6 nitrogen and oxygen atoms in total. The lowest BCUT2D eigenvalue weighted by molar-refractivity contribution is -0.137. The molecule has 3 aliphatic rings. The van der Waals surface area contributed by atoms with E-state index in [2.05, 4.69) is 32.3 Å². The number of hydrogen-bond donors (Lipinski definition) is 1. The number of rotatable bonds is 3. The maximum absolute atomic E-state index is 12.6. The number of ether oxygens (including phenoxy) is 1. The van der Waals surface area contributed by atoms with Crippen LogP contribution in [0.2, 0.25) is 0 Å². The number of halogens is 1. The molecule has 1 saturated heterocycles. The Labute approximate surface area is 164 Å². The molecule has 2 aliphatic heterocycles. The Bertz CT molecular complexity index is 850. The average Bonchev–Trinajstić information content (AvgIpc) is 3.53. The minimum atomic E-state index is -0.340. The normalized spacial score (nSPS) is 21.9. The summed E-state index contributed by atoms with van der Waals surface area (Å²) in [5.41, 5.74) is 2.97. The van der Waals surface area contributed by atoms with E-state index >= 15 is 0 Å². The molecule has 1 saturated carbocycles. The van der Waals surface area contributed by atoms with Crippen molar-refractivity contribution in [2.75, 3.05) is 31.1 Å². The van der Waals surface area contributed by atoms with Gasteiger partial charge in [-0.1, -0.05) is 6.07 Å². The molecule has 5 rings (SSSR count). The quantitative estimate of drug-likeness (QED) is 0.645. The Balaban J connectivity index is 0.00000180. The number of nitrogens with zero attached hydrogens (tertiary/aromatic N) is 3. The molecular formula is C20H23ClN4O2. The van der Waals surface area contributed by atoms with Gasteiger partial charge in [0.15, 0.2) is 0 Å². The first-order chi connectivity index (χ1) is 12.8. The molecule has 1 aromatic carbocycles. The molecule has 27 heavy (non-hydrogen) atoms. The smallest absolute Gasteiger partial charge is 0.320 e. The summed E-state index contributed by atoms with van der Waals surface area (Å²) >= 11 is 0. The molecule has 0 bridgehead atoms. The second-order valence-electron chi connectivity index (χ2n) is 7.32. The summed E-state index contributed by atoms with van der Waals surface area (Å²) in [6.07, 6.45) is 4.70. The fourth-order valence-corrected chi connectivity index (χ4v) is 3.76. The highest BCUT2D eigenvalue weighted by Crippen LogP contribution is 2.39. The van der Waals surface area contributed by atoms with Gasteiger partial charge in [-0.3, -0.25) is 4.79 Å². The van der Waals surface area contributed by atoms with E-state index in [9.17, 15) is 4.79 Å². The molecule has 1 unspecified atom stereocenters. The maximum Gasteiger partial charge on any atom is 0.320 e. The second-order valence-corrected chi connectivity index (χ2v) is 7.32. The average molecular weight is 387 g/mol. The lowest BCUT2D eigenvalue weighted by atomic mass is 9.92. The summed E-state index contributed by atoms with van der Waals surface area (Å²) in [7, 11) is 0. The number of benzene rings is 1. The minimum absolute atomic E-state index is 0. The zero-order valence-corrected chi connectivity index (χ0v) is 15.9. The van der Waals surface area contributed by atoms with Gasteiger partial charge in [-0.2, -0.15) is 0 Å². The van der Waals surface area contributed by atoms with E-state index in [4.69, 9.17) is 4.74 Å². The molecule has 142 valence electrons. The molecule has 1 atom stereocenters. The third-order valence-electron chi connectivity index (χ3n) is 5.45. The van der Waals surface area contributed by atoms with Crippen LogP contribution < -0.4 is 15.0 Å². The van der Waals surface area contributed by atoms with Gasteiger partial charge < -0.3 is 15.0 Å². The third-order valence-corrected chi connectivity index (χ3v) is 5.45. The van der Waals surface area contributed by atoms with Crippen LogP contribution in [0.15, 0.2) is 30.5 Å². The van der Waals surface area contributed by atoms with Crippen molar-refractivity contribution in [3.05, 3.63) is 47.5 Å². The van der Waals surface area contributed by atoms with Crippen molar-refractivity contribution in [2.45, 2.75) is 31.1 Å². The topological polar surface area (TPSA) is 67.3 Å². The van der Waals surface area contributed by atoms with Crippen LogP contribution in [0.5, 0.6) is 5.75 Å². The van der Waals surface area contributed by atoms with E-state index in [0.29, 0.717) is 18.1 Å². The SMILES string of the molecule is Cl.O=C1Oc2cc(N3CCNCC3)ccc2CC1c1ccnc(C2CC2)n1. The zero-order valence-electron chi connectivity index (χ0n) is 15.1. The second kappa shape index (κ2) is 7.44. The van der Waals surface area contributed by atoms with Crippen LogP contribution >= 0.6 is 12.4 Å². The first-order valence-electron chi connectivity index (χ1n) is 9.41. The Hall–Kier alpha value is -2.18. The highest BCUT2D eigenvalue weighted by molar-refractivity contribution is 5.85. The van der Waals surface area contributed by atoms with E-state index in [-0.39, 0.29) is 24.3 Å². The number of hydrogen-bond acceptors (Lipinski definition) is 6. The largest absolute Gasteiger partial charge is 0.426 e. The summed E-state index contributed by atoms with van der Waals surface area (Å²) in [6, 6.07) is 8.08. The maximum atomic E-state index is 12.6. The van der Waals surface area contributed by atoms with Crippen LogP contribution in [-0.4, -0.2) is 42.1 Å². The van der Waals surface area contributed by atoms with Gasteiger partial charge in [-0.25, -0.2) is 9.97 Å². The van der Waals surface area contributed by atoms with Gasteiger partial charge in [0.25, 0.3) is 0 Å². The van der Waals surface area contributed by atoms with Crippen molar-refractivity contribution in [3.8, 4) is 5.75 Å². The highest BCUT2D eigenvalue weighted by Gasteiger charge is 2.33. The number of nitrogens with one attached hydrogen (secondary N) is 1. The molecule has 7 heteroatoms. The van der Waals surface area contributed by atoms with Gasteiger partial charge in [-0.15, -0.1) is 12.4 Å². The summed E-state index contributed by atoms with van der Waals surface area (Å²) in [5, 5.41) is 3.36. The predicted octanol–water partition coefficient (Wildman–Crippen LogP) is 2.43. The van der Waals surface area contributed by atoms with Crippen LogP contribution in [0, 0.1) is 0 Å². The summed E-state index contributed by atoms with van der Waals surface area (Å²) < 4.78 is 5.70. The van der Waals surface area contributed by atoms with E-state index in [1.165, 1.54) is 0 Å². The molecule has 1 N–H and O–H groups in total. The molecule has 2 fully saturated rings. The van der Waals surface area contributed by atoms with Crippen LogP contribution in [0.1, 0.15) is 41.8 Å². The Morgan fingerprint density at radius 1 is 1.15 bits per heavy atom. The lowest BCUT2D eigenvalue weighted by Gasteiger charge is -2.31. The fraction of sp³-hybridized carbons (Fsp3) is 0.450. The van der Waals surface area contributed by atoms with Crippen molar-refractivity contribution in [2.24, 2.45) is 0 Å². The standard InChI is InChI=1S/C20H22N4O2.ClH/c25-20-16(17-5-6-22-19(23-17)13-1-2-13)11-14-3-4-15(12-18(14)26-20)24-9-7-21-8-10-24;/h3-6,12-13,16,21H,1-2,7-11H2;1H. The number of aromatic nitrogens is 2. The monoisotopic (exact) mass is 386 g/mol. The van der Waals surface area contributed by atoms with Gasteiger partial charge in [0.2, 0.25) is 0 Å². The summed E-state index contributed by atoms with van der Waals surface area (Å²) in [4.78, 5) is 24.0. The van der Waals surface area contributed by atoms with E-state index in [1.807, 2.05) is 12.1 Å². The first-order valence-corrected chi connectivity index (χ1v) is 9.41. The number of carbonyl (C=O) groups is 1. The number of fused-ring (bicyclic) bond motifs is 1. The number of piperazine rings is 1. The van der Waals surface area contributed by atoms with Gasteiger partial charge in [0.05, 0.1) is 5.69 Å². The van der Waals surface area contributed by atoms with E-state index in [1.54, 1.807) is 6.20 Å². The highest BCUT2D eigenvalue weighted by atomic mass is 35.5. The van der Waals surface area contributed by atoms with Crippen molar-refractivity contribution in [1.29, 1.82) is 0 Å². The molecule has 3 heterocycles. The molecule has 0 spiro atoms. The minimum Gasteiger partial charge on any atom is -0.426 e. The zero-order chi connectivity index (χ0) is 17.5. The van der Waals surface area contributed by atoms with Gasteiger partial charge in [0, 0.05) is 50.0 Å². The van der Waals surface area contributed by atoms with Gasteiger partial charge >= 0.3 is 5.97 Å². The number of esters is 1. The fourth-order valence-electron chi connectivity index (χ4n) is 3.76. The predicted molar refractivity (Wildman–Crippen MR) is 105 cm³/mol.